The Bertz CT molecular complexity index is 1670. The Morgan fingerprint density at radius 1 is 1.12 bits per heavy atom. The van der Waals surface area contributed by atoms with E-state index in [1.165, 1.54) is 16.8 Å². The Morgan fingerprint density at radius 3 is 2.45 bits per heavy atom. The summed E-state index contributed by atoms with van der Waals surface area (Å²) < 4.78 is 56.5. The second-order valence-electron chi connectivity index (χ2n) is 14.5. The Morgan fingerprint density at radius 2 is 1.82 bits per heavy atom. The van der Waals surface area contributed by atoms with Gasteiger partial charge in [0.25, 0.3) is 5.91 Å². The second kappa shape index (κ2) is 16.1. The molecule has 1 atom stereocenters. The van der Waals surface area contributed by atoms with E-state index in [1.807, 2.05) is 57.2 Å². The van der Waals surface area contributed by atoms with Crippen LogP contribution in [0, 0.1) is 18.3 Å². The predicted molar refractivity (Wildman–Crippen MR) is 190 cm³/mol. The molecule has 1 aliphatic carbocycles. The highest BCUT2D eigenvalue weighted by molar-refractivity contribution is 7.97. The van der Waals surface area contributed by atoms with E-state index in [2.05, 4.69) is 33.8 Å². The maximum atomic E-state index is 13.1. The lowest BCUT2D eigenvalue weighted by Crippen LogP contribution is -2.45. The molecule has 4 heterocycles. The molecule has 11 nitrogen and oxygen atoms in total. The van der Waals surface area contributed by atoms with Crippen molar-refractivity contribution in [1.82, 2.24) is 34.2 Å². The maximum absolute atomic E-state index is 13.1. The summed E-state index contributed by atoms with van der Waals surface area (Å²) in [4.78, 5) is 31.8. The van der Waals surface area contributed by atoms with Crippen LogP contribution in [0.2, 0.25) is 5.15 Å². The highest BCUT2D eigenvalue weighted by Gasteiger charge is 2.62. The van der Waals surface area contributed by atoms with Crippen LogP contribution < -0.4 is 9.46 Å². The number of hydrogen-bond donors (Lipinski definition) is 1. The van der Waals surface area contributed by atoms with Crippen molar-refractivity contribution in [1.29, 1.82) is 0 Å². The van der Waals surface area contributed by atoms with Crippen LogP contribution >= 0.6 is 23.5 Å². The van der Waals surface area contributed by atoms with E-state index in [1.54, 1.807) is 12.3 Å². The lowest BCUT2D eigenvalue weighted by molar-refractivity contribution is -0.190. The fourth-order valence-electron chi connectivity index (χ4n) is 6.07. The molecule has 1 unspecified atom stereocenters. The summed E-state index contributed by atoms with van der Waals surface area (Å²) in [5.41, 5.74) is -1.33. The number of nitrogens with one attached hydrogen (secondary N) is 1. The van der Waals surface area contributed by atoms with Crippen LogP contribution in [0.25, 0.3) is 5.82 Å². The first-order valence-electron chi connectivity index (χ1n) is 17.3. The fraction of sp³-hybridized carbons (Fsp3) is 0.629. The number of halogens is 4. The van der Waals surface area contributed by atoms with Gasteiger partial charge in [0.1, 0.15) is 15.8 Å². The predicted octanol–water partition coefficient (Wildman–Crippen LogP) is 8.82. The molecule has 16 heteroatoms. The number of carbonyl (C=O) groups is 2. The molecule has 3 aromatic heterocycles. The normalized spacial score (nSPS) is 17.8. The number of pyridine rings is 1. The monoisotopic (exact) mass is 755 g/mol. The van der Waals surface area contributed by atoms with Gasteiger partial charge in [0.05, 0.1) is 17.6 Å². The van der Waals surface area contributed by atoms with E-state index < -0.39 is 23.1 Å². The molecule has 2 amide bonds. The molecule has 0 bridgehead atoms. The summed E-state index contributed by atoms with van der Waals surface area (Å²) in [6.45, 7) is 17.0. The third-order valence-electron chi connectivity index (χ3n) is 8.93. The summed E-state index contributed by atoms with van der Waals surface area (Å²) in [6, 6.07) is 6.49. The first-order valence-corrected chi connectivity index (χ1v) is 18.5. The summed E-state index contributed by atoms with van der Waals surface area (Å²) in [6.07, 6.45) is -0.0929. The molecule has 2 fully saturated rings. The molecule has 3 aromatic rings. The van der Waals surface area contributed by atoms with Gasteiger partial charge in [-0.2, -0.15) is 18.3 Å². The van der Waals surface area contributed by atoms with E-state index in [0.717, 1.165) is 36.9 Å². The third-order valence-corrected chi connectivity index (χ3v) is 9.91. The van der Waals surface area contributed by atoms with Gasteiger partial charge < -0.3 is 14.4 Å². The Hall–Kier alpha value is -3.46. The van der Waals surface area contributed by atoms with Gasteiger partial charge in [0.2, 0.25) is 5.88 Å². The number of likely N-dealkylation sites (tertiary alicyclic amines) is 1. The second-order valence-corrected chi connectivity index (χ2v) is 15.7. The van der Waals surface area contributed by atoms with Crippen molar-refractivity contribution >= 4 is 35.5 Å². The van der Waals surface area contributed by atoms with Crippen molar-refractivity contribution in [3.05, 3.63) is 46.9 Å². The number of aromatic nitrogens is 5. The van der Waals surface area contributed by atoms with Gasteiger partial charge in [-0.1, -0.05) is 25.4 Å². The van der Waals surface area contributed by atoms with E-state index in [9.17, 15) is 22.8 Å². The number of alkyl halides is 3. The van der Waals surface area contributed by atoms with Crippen LogP contribution in [0.5, 0.6) is 5.88 Å². The molecule has 2 aliphatic rings. The minimum absolute atomic E-state index is 0.0449. The van der Waals surface area contributed by atoms with Gasteiger partial charge in [-0.25, -0.2) is 14.5 Å². The third kappa shape index (κ3) is 10.3. The van der Waals surface area contributed by atoms with Gasteiger partial charge >= 0.3 is 12.3 Å². The van der Waals surface area contributed by atoms with Crippen molar-refractivity contribution < 1.29 is 32.2 Å². The average molecular weight is 756 g/mol. The van der Waals surface area contributed by atoms with Crippen LogP contribution in [-0.2, 0) is 11.3 Å². The van der Waals surface area contributed by atoms with Gasteiger partial charge in [-0.3, -0.25) is 14.2 Å². The zero-order valence-electron chi connectivity index (χ0n) is 30.6. The van der Waals surface area contributed by atoms with Gasteiger partial charge in [0.15, 0.2) is 5.82 Å². The summed E-state index contributed by atoms with van der Waals surface area (Å²) in [7, 11) is 0. The Labute approximate surface area is 307 Å². The smallest absolute Gasteiger partial charge is 0.410 e. The van der Waals surface area contributed by atoms with Crippen LogP contribution in [-0.4, -0.2) is 71.9 Å². The highest BCUT2D eigenvalue weighted by atomic mass is 35.5. The summed E-state index contributed by atoms with van der Waals surface area (Å²) in [5.74, 6) is 0.386. The van der Waals surface area contributed by atoms with Crippen molar-refractivity contribution in [2.45, 2.75) is 123 Å². The SMILES string of the molecule is CC.Cc1cc(SNC(=O)c2ccc(-n3ccc(OCCC4(C(F)(F)F)CC4)n3)nc2Cl)nn1CCCC1CN(C(=O)OC(C)(C)C)C(C)(C)C1. The van der Waals surface area contributed by atoms with Crippen molar-refractivity contribution in [3.8, 4) is 11.7 Å². The molecule has 1 aliphatic heterocycles. The molecule has 1 N–H and O–H groups in total. The number of rotatable bonds is 12. The summed E-state index contributed by atoms with van der Waals surface area (Å²) in [5, 5.41) is 9.42. The van der Waals surface area contributed by atoms with Gasteiger partial charge in [-0.15, -0.1) is 5.10 Å². The van der Waals surface area contributed by atoms with Crippen LogP contribution in [0.3, 0.4) is 0 Å². The molecule has 282 valence electrons. The van der Waals surface area contributed by atoms with Crippen LogP contribution in [0.1, 0.15) is 103 Å². The van der Waals surface area contributed by atoms with Crippen LogP contribution in [0.4, 0.5) is 18.0 Å². The number of nitrogens with zero attached hydrogens (tertiary/aromatic N) is 6. The average Bonchev–Trinajstić information content (AvgIpc) is 3.39. The number of aryl methyl sites for hydroxylation is 2. The molecule has 0 spiro atoms. The molecule has 0 radical (unpaired) electrons. The lowest BCUT2D eigenvalue weighted by Gasteiger charge is -2.33. The molecule has 1 saturated heterocycles. The lowest BCUT2D eigenvalue weighted by atomic mass is 9.93. The largest absolute Gasteiger partial charge is 0.477 e. The zero-order valence-corrected chi connectivity index (χ0v) is 32.1. The Balaban J connectivity index is 0.00000286. The molecule has 1 saturated carbocycles. The topological polar surface area (TPSA) is 116 Å². The first-order chi connectivity index (χ1) is 23.9. The van der Waals surface area contributed by atoms with Gasteiger partial charge in [0, 0.05) is 48.5 Å². The fourth-order valence-corrected chi connectivity index (χ4v) is 6.98. The number of amides is 2. The highest BCUT2D eigenvalue weighted by Crippen LogP contribution is 2.59. The minimum Gasteiger partial charge on any atom is -0.477 e. The first kappa shape index (κ1) is 40.3. The molecular formula is C35H49ClF3N7O4S. The van der Waals surface area contributed by atoms with Crippen molar-refractivity contribution in [2.24, 2.45) is 11.3 Å². The molecule has 0 aromatic carbocycles. The molecule has 51 heavy (non-hydrogen) atoms. The quantitative estimate of drug-likeness (QED) is 0.144. The Kier molecular flexibility index (Phi) is 12.7. The number of hydrogen-bond acceptors (Lipinski definition) is 8. The standard InChI is InChI=1S/C33H43ClF3N7O4S.C2H6/c1-21-18-26(40-43(21)15-7-8-22-19-31(5,6)42(20-22)29(46)48-30(2,3)4)49-41-28(45)23-9-10-24(38-27(23)34)44-16-11-25(39-44)47-17-14-32(12-13-32)33(35,36)37;1-2/h9-11,16,18,22H,7-8,12-15,17,19-20H2,1-6H3,(H,41,45);1-2H3. The van der Waals surface area contributed by atoms with E-state index >= 15 is 0 Å². The van der Waals surface area contributed by atoms with E-state index in [0.29, 0.717) is 29.9 Å². The number of ether oxygens (including phenoxy) is 2. The van der Waals surface area contributed by atoms with Crippen molar-refractivity contribution in [3.63, 3.8) is 0 Å². The molecule has 5 rings (SSSR count). The number of carbonyl (C=O) groups excluding carboxylic acids is 2. The van der Waals surface area contributed by atoms with E-state index in [4.69, 9.17) is 21.1 Å². The van der Waals surface area contributed by atoms with Crippen LogP contribution in [0.15, 0.2) is 35.5 Å². The zero-order chi connectivity index (χ0) is 37.8. The van der Waals surface area contributed by atoms with Crippen molar-refractivity contribution in [2.75, 3.05) is 13.2 Å². The summed E-state index contributed by atoms with van der Waals surface area (Å²) >= 11 is 7.42. The van der Waals surface area contributed by atoms with E-state index in [-0.39, 0.29) is 54.1 Å². The molecular weight excluding hydrogens is 707 g/mol. The maximum Gasteiger partial charge on any atom is 0.410 e. The van der Waals surface area contributed by atoms with Gasteiger partial charge in [-0.05, 0) is 104 Å². The minimum atomic E-state index is -4.23.